The Morgan fingerprint density at radius 1 is 1.50 bits per heavy atom. The number of aliphatic hydroxyl groups is 3. The molecule has 0 aliphatic heterocycles. The average Bonchev–Trinajstić information content (AvgIpc) is 2.35. The highest BCUT2D eigenvalue weighted by Gasteiger charge is 2.40. The van der Waals surface area contributed by atoms with Crippen molar-refractivity contribution in [1.29, 1.82) is 0 Å². The van der Waals surface area contributed by atoms with E-state index in [9.17, 15) is 15.0 Å². The second kappa shape index (κ2) is 6.01. The molecule has 5 N–H and O–H groups in total. The quantitative estimate of drug-likeness (QED) is 0.603. The molecular formula is C11H14ClNO5. The number of rotatable bonds is 5. The molecule has 0 saturated carbocycles. The number of hydrogen-bond donors (Lipinski definition) is 4. The third-order valence-corrected chi connectivity index (χ3v) is 2.83. The highest BCUT2D eigenvalue weighted by atomic mass is 35.5. The molecule has 0 spiro atoms. The monoisotopic (exact) mass is 275 g/mol. The summed E-state index contributed by atoms with van der Waals surface area (Å²) < 4.78 is 4.50. The Kier molecular flexibility index (Phi) is 4.92. The van der Waals surface area contributed by atoms with Gasteiger partial charge in [0, 0.05) is 10.6 Å². The number of primary amides is 1. The van der Waals surface area contributed by atoms with Crippen LogP contribution in [0.15, 0.2) is 24.3 Å². The summed E-state index contributed by atoms with van der Waals surface area (Å²) in [5.41, 5.74) is 2.92. The van der Waals surface area contributed by atoms with E-state index in [1.54, 1.807) is 12.1 Å². The smallest absolute Gasteiger partial charge is 0.404 e. The molecule has 0 fully saturated rings. The molecule has 0 aromatic heterocycles. The van der Waals surface area contributed by atoms with E-state index in [4.69, 9.17) is 22.4 Å². The van der Waals surface area contributed by atoms with Crippen LogP contribution in [0.25, 0.3) is 0 Å². The largest absolute Gasteiger partial charge is 0.446 e. The van der Waals surface area contributed by atoms with Gasteiger partial charge in [-0.05, 0) is 6.07 Å². The minimum Gasteiger partial charge on any atom is -0.446 e. The molecule has 0 saturated heterocycles. The van der Waals surface area contributed by atoms with Gasteiger partial charge in [0.05, 0.1) is 6.61 Å². The van der Waals surface area contributed by atoms with Crippen LogP contribution >= 0.6 is 11.6 Å². The molecule has 0 bridgehead atoms. The molecule has 6 nitrogen and oxygen atoms in total. The van der Waals surface area contributed by atoms with Crippen LogP contribution < -0.4 is 5.73 Å². The number of halogens is 1. The number of ether oxygens (including phenoxy) is 1. The summed E-state index contributed by atoms with van der Waals surface area (Å²) in [5.74, 6) is 0. The van der Waals surface area contributed by atoms with Crippen LogP contribution in [0, 0.1) is 0 Å². The molecule has 1 amide bonds. The number of carbonyl (C=O) groups is 1. The molecule has 100 valence electrons. The lowest BCUT2D eigenvalue weighted by atomic mass is 9.89. The van der Waals surface area contributed by atoms with Crippen LogP contribution in [0.1, 0.15) is 5.56 Å². The van der Waals surface area contributed by atoms with Gasteiger partial charge in [0.25, 0.3) is 0 Å². The first-order valence-corrected chi connectivity index (χ1v) is 5.48. The van der Waals surface area contributed by atoms with Gasteiger partial charge in [0.1, 0.15) is 12.7 Å². The van der Waals surface area contributed by atoms with Crippen molar-refractivity contribution in [3.05, 3.63) is 34.9 Å². The Labute approximate surface area is 109 Å². The van der Waals surface area contributed by atoms with E-state index in [2.05, 4.69) is 4.74 Å². The summed E-state index contributed by atoms with van der Waals surface area (Å²) in [5, 5.41) is 29.2. The summed E-state index contributed by atoms with van der Waals surface area (Å²) in [7, 11) is 0. The lowest BCUT2D eigenvalue weighted by Gasteiger charge is -2.32. The first-order chi connectivity index (χ1) is 8.41. The Balaban J connectivity index is 3.12. The lowest BCUT2D eigenvalue weighted by molar-refractivity contribution is -0.126. The summed E-state index contributed by atoms with van der Waals surface area (Å²) in [6, 6.07) is 6.16. The number of amides is 1. The van der Waals surface area contributed by atoms with Crippen LogP contribution in [0.3, 0.4) is 0 Å². The topological polar surface area (TPSA) is 113 Å². The second-order valence-corrected chi connectivity index (χ2v) is 4.12. The second-order valence-electron chi connectivity index (χ2n) is 3.71. The lowest BCUT2D eigenvalue weighted by Crippen LogP contribution is -2.46. The Morgan fingerprint density at radius 2 is 2.11 bits per heavy atom. The summed E-state index contributed by atoms with van der Waals surface area (Å²) in [6.45, 7) is -1.35. The van der Waals surface area contributed by atoms with Crippen LogP contribution in [0.5, 0.6) is 0 Å². The Morgan fingerprint density at radius 3 is 2.61 bits per heavy atom. The molecule has 0 radical (unpaired) electrons. The number of aliphatic hydroxyl groups excluding tert-OH is 2. The maximum atomic E-state index is 10.6. The van der Waals surface area contributed by atoms with E-state index < -0.39 is 31.0 Å². The summed E-state index contributed by atoms with van der Waals surface area (Å²) in [6.07, 6.45) is -2.68. The first kappa shape index (κ1) is 14.7. The number of nitrogens with two attached hydrogens (primary N) is 1. The normalized spacial score (nSPS) is 15.8. The van der Waals surface area contributed by atoms with E-state index in [-0.39, 0.29) is 10.6 Å². The zero-order chi connectivity index (χ0) is 13.8. The van der Waals surface area contributed by atoms with E-state index in [1.165, 1.54) is 12.1 Å². The minimum absolute atomic E-state index is 0.134. The van der Waals surface area contributed by atoms with Gasteiger partial charge >= 0.3 is 6.09 Å². The SMILES string of the molecule is NC(=O)OC[C@@](O)(c1ccccc1Cl)C(O)CO. The van der Waals surface area contributed by atoms with Crippen molar-refractivity contribution in [2.24, 2.45) is 5.73 Å². The minimum atomic E-state index is -2.03. The standard InChI is InChI=1S/C11H14ClNO5/c12-8-4-2-1-3-7(8)11(17,9(15)5-14)6-18-10(13)16/h1-4,9,14-15,17H,5-6H2,(H2,13,16)/t9?,11-/m1/s1. The highest BCUT2D eigenvalue weighted by Crippen LogP contribution is 2.31. The molecule has 0 heterocycles. The fourth-order valence-corrected chi connectivity index (χ4v) is 1.80. The molecule has 1 unspecified atom stereocenters. The number of hydrogen-bond acceptors (Lipinski definition) is 5. The van der Waals surface area contributed by atoms with Gasteiger partial charge in [-0.25, -0.2) is 4.79 Å². The Hall–Kier alpha value is -1.34. The van der Waals surface area contributed by atoms with Gasteiger partial charge in [-0.1, -0.05) is 29.8 Å². The van der Waals surface area contributed by atoms with Gasteiger partial charge in [-0.2, -0.15) is 0 Å². The highest BCUT2D eigenvalue weighted by molar-refractivity contribution is 6.31. The van der Waals surface area contributed by atoms with Crippen molar-refractivity contribution >= 4 is 17.7 Å². The van der Waals surface area contributed by atoms with E-state index in [0.717, 1.165) is 0 Å². The third kappa shape index (κ3) is 3.11. The first-order valence-electron chi connectivity index (χ1n) is 5.10. The molecule has 2 atom stereocenters. The molecule has 1 aromatic rings. The average molecular weight is 276 g/mol. The van der Waals surface area contributed by atoms with Crippen molar-refractivity contribution in [2.75, 3.05) is 13.2 Å². The van der Waals surface area contributed by atoms with Gasteiger partial charge in [-0.3, -0.25) is 0 Å². The number of benzene rings is 1. The van der Waals surface area contributed by atoms with Gasteiger partial charge in [-0.15, -0.1) is 0 Å². The summed E-state index contributed by atoms with van der Waals surface area (Å²) >= 11 is 5.90. The molecule has 0 aliphatic rings. The van der Waals surface area contributed by atoms with Crippen molar-refractivity contribution in [3.63, 3.8) is 0 Å². The predicted molar refractivity (Wildman–Crippen MR) is 64.0 cm³/mol. The maximum absolute atomic E-state index is 10.6. The predicted octanol–water partition coefficient (Wildman–Crippen LogP) is -0.0239. The van der Waals surface area contributed by atoms with Crippen LogP contribution in [-0.4, -0.2) is 40.7 Å². The fourth-order valence-electron chi connectivity index (χ4n) is 1.50. The third-order valence-electron chi connectivity index (χ3n) is 2.50. The van der Waals surface area contributed by atoms with Crippen molar-refractivity contribution in [3.8, 4) is 0 Å². The molecule has 18 heavy (non-hydrogen) atoms. The van der Waals surface area contributed by atoms with Crippen molar-refractivity contribution in [2.45, 2.75) is 11.7 Å². The fraction of sp³-hybridized carbons (Fsp3) is 0.364. The number of carbonyl (C=O) groups excluding carboxylic acids is 1. The van der Waals surface area contributed by atoms with E-state index in [0.29, 0.717) is 0 Å². The van der Waals surface area contributed by atoms with Crippen molar-refractivity contribution < 1.29 is 24.9 Å². The van der Waals surface area contributed by atoms with Crippen LogP contribution in [0.2, 0.25) is 5.02 Å². The van der Waals surface area contributed by atoms with Crippen LogP contribution in [0.4, 0.5) is 4.79 Å². The van der Waals surface area contributed by atoms with Gasteiger partial charge in [0.15, 0.2) is 5.60 Å². The van der Waals surface area contributed by atoms with Crippen molar-refractivity contribution in [1.82, 2.24) is 0 Å². The zero-order valence-electron chi connectivity index (χ0n) is 9.41. The van der Waals surface area contributed by atoms with E-state index >= 15 is 0 Å². The van der Waals surface area contributed by atoms with Gasteiger partial charge < -0.3 is 25.8 Å². The Bertz CT molecular complexity index is 428. The van der Waals surface area contributed by atoms with E-state index in [1.807, 2.05) is 0 Å². The zero-order valence-corrected chi connectivity index (χ0v) is 10.2. The molecule has 7 heteroatoms. The molecule has 1 aromatic carbocycles. The van der Waals surface area contributed by atoms with Crippen LogP contribution in [-0.2, 0) is 10.3 Å². The molecule has 1 rings (SSSR count). The molecular weight excluding hydrogens is 262 g/mol. The van der Waals surface area contributed by atoms with Gasteiger partial charge in [0.2, 0.25) is 0 Å². The summed E-state index contributed by atoms with van der Waals surface area (Å²) in [4.78, 5) is 10.6. The maximum Gasteiger partial charge on any atom is 0.404 e. The molecule has 0 aliphatic carbocycles.